The van der Waals surface area contributed by atoms with E-state index in [0.29, 0.717) is 0 Å². The van der Waals surface area contributed by atoms with Gasteiger partial charge in [-0.05, 0) is 49.9 Å². The molecule has 0 spiro atoms. The molecule has 0 saturated heterocycles. The molecule has 0 aromatic heterocycles. The maximum absolute atomic E-state index is 10.0. The van der Waals surface area contributed by atoms with Crippen LogP contribution in [0.4, 0.5) is 0 Å². The van der Waals surface area contributed by atoms with Crippen LogP contribution in [0, 0.1) is 17.8 Å². The van der Waals surface area contributed by atoms with Gasteiger partial charge in [0.2, 0.25) is 0 Å². The molecule has 0 amide bonds. The standard InChI is InChI=1S/C9H14O/c10-9-2-1-7-3-6(5-9)4-8(7)9/h6-8,10H,1-5H2. The van der Waals surface area contributed by atoms with E-state index in [1.165, 1.54) is 19.3 Å². The fourth-order valence-corrected chi connectivity index (χ4v) is 3.76. The predicted octanol–water partition coefficient (Wildman–Crippen LogP) is 1.56. The zero-order valence-electron chi connectivity index (χ0n) is 6.21. The first-order valence-corrected chi connectivity index (χ1v) is 4.50. The fourth-order valence-electron chi connectivity index (χ4n) is 3.76. The van der Waals surface area contributed by atoms with Gasteiger partial charge >= 0.3 is 0 Å². The van der Waals surface area contributed by atoms with Crippen LogP contribution in [0.3, 0.4) is 0 Å². The third-order valence-corrected chi connectivity index (χ3v) is 4.07. The first-order chi connectivity index (χ1) is 4.78. The number of hydrogen-bond acceptors (Lipinski definition) is 1. The average molecular weight is 138 g/mol. The SMILES string of the molecule is OC12CCC3CC(CC31)C2. The van der Waals surface area contributed by atoms with Crippen molar-refractivity contribution in [1.82, 2.24) is 0 Å². The molecule has 0 heterocycles. The van der Waals surface area contributed by atoms with Crippen molar-refractivity contribution in [3.8, 4) is 0 Å². The summed E-state index contributed by atoms with van der Waals surface area (Å²) in [7, 11) is 0. The van der Waals surface area contributed by atoms with E-state index in [-0.39, 0.29) is 5.60 Å². The second-order valence-electron chi connectivity index (χ2n) is 4.55. The molecule has 1 nitrogen and oxygen atoms in total. The summed E-state index contributed by atoms with van der Waals surface area (Å²) in [5, 5.41) is 10.0. The number of hydrogen-bond donors (Lipinski definition) is 1. The zero-order chi connectivity index (χ0) is 6.77. The maximum Gasteiger partial charge on any atom is 0.0681 e. The molecule has 4 unspecified atom stereocenters. The molecule has 0 aromatic rings. The van der Waals surface area contributed by atoms with E-state index < -0.39 is 0 Å². The van der Waals surface area contributed by atoms with Crippen molar-refractivity contribution in [2.24, 2.45) is 17.8 Å². The van der Waals surface area contributed by atoms with E-state index in [4.69, 9.17) is 0 Å². The Morgan fingerprint density at radius 3 is 2.80 bits per heavy atom. The third kappa shape index (κ3) is 0.460. The molecule has 3 fully saturated rings. The maximum atomic E-state index is 10.0. The van der Waals surface area contributed by atoms with Gasteiger partial charge in [0, 0.05) is 0 Å². The van der Waals surface area contributed by atoms with Crippen molar-refractivity contribution >= 4 is 0 Å². The van der Waals surface area contributed by atoms with Gasteiger partial charge in [-0.15, -0.1) is 0 Å². The van der Waals surface area contributed by atoms with Crippen LogP contribution < -0.4 is 0 Å². The Morgan fingerprint density at radius 2 is 2.20 bits per heavy atom. The van der Waals surface area contributed by atoms with Crippen molar-refractivity contribution in [2.45, 2.75) is 37.7 Å². The minimum absolute atomic E-state index is 0.173. The van der Waals surface area contributed by atoms with Gasteiger partial charge in [0.1, 0.15) is 0 Å². The summed E-state index contributed by atoms with van der Waals surface area (Å²) < 4.78 is 0. The van der Waals surface area contributed by atoms with Crippen LogP contribution >= 0.6 is 0 Å². The zero-order valence-corrected chi connectivity index (χ0v) is 6.21. The second kappa shape index (κ2) is 1.42. The average Bonchev–Trinajstić information content (AvgIpc) is 2.39. The number of aliphatic hydroxyl groups is 1. The normalized spacial score (nSPS) is 63.9. The molecule has 0 radical (unpaired) electrons. The summed E-state index contributed by atoms with van der Waals surface area (Å²) in [6.07, 6.45) is 6.35. The molecule has 1 N–H and O–H groups in total. The molecule has 3 rings (SSSR count). The minimum Gasteiger partial charge on any atom is -0.390 e. The Bertz CT molecular complexity index is 178. The van der Waals surface area contributed by atoms with Crippen LogP contribution in [0.1, 0.15) is 32.1 Å². The summed E-state index contributed by atoms with van der Waals surface area (Å²) in [5.41, 5.74) is -0.173. The Labute approximate surface area is 61.4 Å². The van der Waals surface area contributed by atoms with Crippen molar-refractivity contribution in [3.63, 3.8) is 0 Å². The van der Waals surface area contributed by atoms with Crippen molar-refractivity contribution in [1.29, 1.82) is 0 Å². The first-order valence-electron chi connectivity index (χ1n) is 4.50. The lowest BCUT2D eigenvalue weighted by Gasteiger charge is -2.27. The van der Waals surface area contributed by atoms with Gasteiger partial charge in [0.05, 0.1) is 5.60 Å². The first kappa shape index (κ1) is 5.59. The highest BCUT2D eigenvalue weighted by Gasteiger charge is 2.58. The smallest absolute Gasteiger partial charge is 0.0681 e. The molecule has 3 aliphatic carbocycles. The lowest BCUT2D eigenvalue weighted by Crippen LogP contribution is -2.31. The van der Waals surface area contributed by atoms with Gasteiger partial charge in [0.15, 0.2) is 0 Å². The summed E-state index contributed by atoms with van der Waals surface area (Å²) in [4.78, 5) is 0. The molecule has 3 saturated carbocycles. The van der Waals surface area contributed by atoms with E-state index in [2.05, 4.69) is 0 Å². The van der Waals surface area contributed by atoms with Gasteiger partial charge in [-0.2, -0.15) is 0 Å². The molecule has 4 atom stereocenters. The Morgan fingerprint density at radius 1 is 1.30 bits per heavy atom. The fraction of sp³-hybridized carbons (Fsp3) is 1.00. The van der Waals surface area contributed by atoms with Crippen LogP contribution in [0.25, 0.3) is 0 Å². The number of rotatable bonds is 0. The third-order valence-electron chi connectivity index (χ3n) is 4.07. The summed E-state index contributed by atoms with van der Waals surface area (Å²) in [5.74, 6) is 2.55. The van der Waals surface area contributed by atoms with E-state index in [9.17, 15) is 5.11 Å². The van der Waals surface area contributed by atoms with Crippen LogP contribution in [0.5, 0.6) is 0 Å². The molecule has 0 aliphatic heterocycles. The van der Waals surface area contributed by atoms with E-state index in [1.54, 1.807) is 0 Å². The molecule has 2 bridgehead atoms. The molecule has 10 heavy (non-hydrogen) atoms. The van der Waals surface area contributed by atoms with E-state index >= 15 is 0 Å². The van der Waals surface area contributed by atoms with Crippen LogP contribution in [0.15, 0.2) is 0 Å². The lowest BCUT2D eigenvalue weighted by molar-refractivity contribution is 0.00248. The topological polar surface area (TPSA) is 20.2 Å². The summed E-state index contributed by atoms with van der Waals surface area (Å²) in [6.45, 7) is 0. The molecule has 56 valence electrons. The molecular formula is C9H14O. The van der Waals surface area contributed by atoms with Gasteiger partial charge in [-0.3, -0.25) is 0 Å². The van der Waals surface area contributed by atoms with Crippen molar-refractivity contribution in [3.05, 3.63) is 0 Å². The molecule has 1 heteroatoms. The van der Waals surface area contributed by atoms with Gasteiger partial charge in [-0.25, -0.2) is 0 Å². The van der Waals surface area contributed by atoms with Gasteiger partial charge in [0.25, 0.3) is 0 Å². The van der Waals surface area contributed by atoms with Crippen molar-refractivity contribution in [2.75, 3.05) is 0 Å². The highest BCUT2D eigenvalue weighted by molar-refractivity contribution is 5.09. The van der Waals surface area contributed by atoms with Crippen molar-refractivity contribution < 1.29 is 5.11 Å². The second-order valence-corrected chi connectivity index (χ2v) is 4.55. The Balaban J connectivity index is 2.05. The quantitative estimate of drug-likeness (QED) is 0.538. The highest BCUT2D eigenvalue weighted by Crippen LogP contribution is 2.61. The van der Waals surface area contributed by atoms with Crippen LogP contribution in [-0.2, 0) is 0 Å². The highest BCUT2D eigenvalue weighted by atomic mass is 16.3. The van der Waals surface area contributed by atoms with E-state index in [1.807, 2.05) is 0 Å². The largest absolute Gasteiger partial charge is 0.390 e. The summed E-state index contributed by atoms with van der Waals surface area (Å²) in [6, 6.07) is 0. The Hall–Kier alpha value is -0.0400. The van der Waals surface area contributed by atoms with Crippen LogP contribution in [-0.4, -0.2) is 10.7 Å². The predicted molar refractivity (Wildman–Crippen MR) is 38.5 cm³/mol. The molecule has 0 aromatic carbocycles. The monoisotopic (exact) mass is 138 g/mol. The molecule has 3 aliphatic rings. The van der Waals surface area contributed by atoms with E-state index in [0.717, 1.165) is 30.6 Å². The minimum atomic E-state index is -0.173. The lowest BCUT2D eigenvalue weighted by atomic mass is 9.85. The summed E-state index contributed by atoms with van der Waals surface area (Å²) >= 11 is 0. The van der Waals surface area contributed by atoms with Gasteiger partial charge in [-0.1, -0.05) is 0 Å². The van der Waals surface area contributed by atoms with Crippen LogP contribution in [0.2, 0.25) is 0 Å². The molecular weight excluding hydrogens is 124 g/mol. The Kier molecular flexibility index (Phi) is 0.797. The van der Waals surface area contributed by atoms with Gasteiger partial charge < -0.3 is 5.11 Å². The number of fused-ring (bicyclic) bond motifs is 1.